The van der Waals surface area contributed by atoms with E-state index in [9.17, 15) is 0 Å². The van der Waals surface area contributed by atoms with Crippen LogP contribution in [-0.4, -0.2) is 4.98 Å². The quantitative estimate of drug-likeness (QED) is 0.396. The fraction of sp³-hybridized carbons (Fsp3) is 0.516. The van der Waals surface area contributed by atoms with Gasteiger partial charge in [0, 0.05) is 17.1 Å². The number of hydrogen-bond donors (Lipinski definition) is 0. The highest BCUT2D eigenvalue weighted by Gasteiger charge is 2.22. The molecule has 2 saturated carbocycles. The predicted octanol–water partition coefficient (Wildman–Crippen LogP) is 9.51. The van der Waals surface area contributed by atoms with Crippen molar-refractivity contribution in [3.63, 3.8) is 0 Å². The first-order valence-corrected chi connectivity index (χ1v) is 13.3. The minimum absolute atomic E-state index is 0.601. The highest BCUT2D eigenvalue weighted by molar-refractivity contribution is 5.95. The number of benzene rings is 2. The first-order chi connectivity index (χ1) is 15.7. The highest BCUT2D eigenvalue weighted by atomic mass is 14.7. The van der Waals surface area contributed by atoms with Crippen molar-refractivity contribution in [3.8, 4) is 11.3 Å². The van der Waals surface area contributed by atoms with E-state index in [1.165, 1.54) is 98.2 Å². The van der Waals surface area contributed by atoms with E-state index in [0.717, 1.165) is 11.8 Å². The summed E-state index contributed by atoms with van der Waals surface area (Å²) in [4.78, 5) is 4.94. The second-order valence-electron chi connectivity index (χ2n) is 10.5. The third kappa shape index (κ3) is 4.49. The molecule has 1 atom stereocenters. The van der Waals surface area contributed by atoms with Gasteiger partial charge in [0.25, 0.3) is 0 Å². The third-order valence-electron chi connectivity index (χ3n) is 8.37. The van der Waals surface area contributed by atoms with Gasteiger partial charge < -0.3 is 0 Å². The molecule has 2 aliphatic rings. The van der Waals surface area contributed by atoms with Crippen LogP contribution in [0.5, 0.6) is 0 Å². The number of hydrogen-bond acceptors (Lipinski definition) is 1. The molecule has 0 bridgehead atoms. The summed E-state index contributed by atoms with van der Waals surface area (Å²) in [5.74, 6) is 2.07. The zero-order chi connectivity index (χ0) is 21.9. The van der Waals surface area contributed by atoms with Gasteiger partial charge in [-0.25, -0.2) is 0 Å². The van der Waals surface area contributed by atoms with Crippen molar-refractivity contribution in [1.29, 1.82) is 0 Å². The summed E-state index contributed by atoms with van der Waals surface area (Å²) in [6, 6.07) is 16.8. The first-order valence-electron chi connectivity index (χ1n) is 13.3. The van der Waals surface area contributed by atoms with Crippen LogP contribution in [0.2, 0.25) is 0 Å². The van der Waals surface area contributed by atoms with Crippen LogP contribution in [0.25, 0.3) is 22.0 Å². The largest absolute Gasteiger partial charge is 0.256 e. The normalized spacial score (nSPS) is 19.3. The molecule has 2 aromatic carbocycles. The van der Waals surface area contributed by atoms with Gasteiger partial charge in [-0.05, 0) is 90.1 Å². The van der Waals surface area contributed by atoms with Crippen LogP contribution >= 0.6 is 0 Å². The Morgan fingerprint density at radius 2 is 1.41 bits per heavy atom. The molecule has 1 unspecified atom stereocenters. The summed E-state index contributed by atoms with van der Waals surface area (Å²) in [6.45, 7) is 4.60. The standard InChI is InChI=1S/C31H39N/c1-3-22(2)25-14-15-30-26(18-25)16-17-32-31(30)29-20-27(23-10-6-4-7-11-23)19-28(21-29)24-12-8-5-9-13-24/h14-24H,3-13H2,1-2H3. The molecule has 168 valence electrons. The maximum atomic E-state index is 4.94. The van der Waals surface area contributed by atoms with Crippen molar-refractivity contribution in [1.82, 2.24) is 4.98 Å². The van der Waals surface area contributed by atoms with Crippen molar-refractivity contribution in [3.05, 3.63) is 65.4 Å². The summed E-state index contributed by atoms with van der Waals surface area (Å²) in [5, 5.41) is 2.63. The van der Waals surface area contributed by atoms with E-state index in [1.807, 2.05) is 6.20 Å². The Hall–Kier alpha value is -2.15. The molecule has 0 aliphatic heterocycles. The second kappa shape index (κ2) is 9.77. The van der Waals surface area contributed by atoms with Crippen LogP contribution in [-0.2, 0) is 0 Å². The van der Waals surface area contributed by atoms with Gasteiger partial charge in [-0.2, -0.15) is 0 Å². The van der Waals surface area contributed by atoms with Gasteiger partial charge in [0.1, 0.15) is 0 Å². The van der Waals surface area contributed by atoms with E-state index >= 15 is 0 Å². The Morgan fingerprint density at radius 1 is 0.781 bits per heavy atom. The molecular weight excluding hydrogens is 386 g/mol. The van der Waals surface area contributed by atoms with E-state index in [4.69, 9.17) is 4.98 Å². The number of nitrogens with zero attached hydrogens (tertiary/aromatic N) is 1. The molecule has 0 amide bonds. The molecule has 0 radical (unpaired) electrons. The fourth-order valence-corrected chi connectivity index (χ4v) is 6.13. The summed E-state index contributed by atoms with van der Waals surface area (Å²) >= 11 is 0. The maximum absolute atomic E-state index is 4.94. The highest BCUT2D eigenvalue weighted by Crippen LogP contribution is 2.40. The molecule has 2 aliphatic carbocycles. The van der Waals surface area contributed by atoms with E-state index in [0.29, 0.717) is 5.92 Å². The van der Waals surface area contributed by atoms with Gasteiger partial charge in [-0.3, -0.25) is 4.98 Å². The van der Waals surface area contributed by atoms with Gasteiger partial charge in [-0.1, -0.05) is 76.6 Å². The predicted molar refractivity (Wildman–Crippen MR) is 138 cm³/mol. The minimum Gasteiger partial charge on any atom is -0.256 e. The lowest BCUT2D eigenvalue weighted by Gasteiger charge is -2.27. The molecule has 0 saturated heterocycles. The van der Waals surface area contributed by atoms with Crippen LogP contribution < -0.4 is 0 Å². The maximum Gasteiger partial charge on any atom is 0.0780 e. The lowest BCUT2D eigenvalue weighted by atomic mass is 9.78. The zero-order valence-corrected chi connectivity index (χ0v) is 20.1. The van der Waals surface area contributed by atoms with Crippen molar-refractivity contribution >= 4 is 10.8 Å². The molecule has 5 rings (SSSR count). The minimum atomic E-state index is 0.601. The van der Waals surface area contributed by atoms with Gasteiger partial charge >= 0.3 is 0 Å². The van der Waals surface area contributed by atoms with Crippen molar-refractivity contribution in [2.24, 2.45) is 0 Å². The smallest absolute Gasteiger partial charge is 0.0780 e. The Kier molecular flexibility index (Phi) is 6.62. The van der Waals surface area contributed by atoms with Gasteiger partial charge in [-0.15, -0.1) is 0 Å². The third-order valence-corrected chi connectivity index (χ3v) is 8.37. The Bertz CT molecular complexity index is 1020. The van der Waals surface area contributed by atoms with E-state index in [2.05, 4.69) is 56.3 Å². The lowest BCUT2D eigenvalue weighted by molar-refractivity contribution is 0.435. The number of fused-ring (bicyclic) bond motifs is 1. The van der Waals surface area contributed by atoms with Gasteiger partial charge in [0.15, 0.2) is 0 Å². The van der Waals surface area contributed by atoms with Crippen molar-refractivity contribution in [2.75, 3.05) is 0 Å². The van der Waals surface area contributed by atoms with Gasteiger partial charge in [0.05, 0.1) is 5.69 Å². The summed E-state index contributed by atoms with van der Waals surface area (Å²) in [5.41, 5.74) is 7.12. The summed E-state index contributed by atoms with van der Waals surface area (Å²) in [6.07, 6.45) is 17.0. The molecule has 0 N–H and O–H groups in total. The average Bonchev–Trinajstić information content (AvgIpc) is 2.88. The first kappa shape index (κ1) is 21.7. The zero-order valence-electron chi connectivity index (χ0n) is 20.1. The molecule has 1 aromatic heterocycles. The molecule has 2 fully saturated rings. The Balaban J connectivity index is 1.60. The summed E-state index contributed by atoms with van der Waals surface area (Å²) in [7, 11) is 0. The van der Waals surface area contributed by atoms with Crippen LogP contribution in [0.15, 0.2) is 48.7 Å². The lowest BCUT2D eigenvalue weighted by Crippen LogP contribution is -2.09. The molecule has 1 heteroatoms. The second-order valence-corrected chi connectivity index (χ2v) is 10.5. The molecule has 0 spiro atoms. The number of pyridine rings is 1. The molecule has 1 heterocycles. The van der Waals surface area contributed by atoms with Crippen LogP contribution in [0.4, 0.5) is 0 Å². The van der Waals surface area contributed by atoms with Crippen molar-refractivity contribution in [2.45, 2.75) is 102 Å². The van der Waals surface area contributed by atoms with Gasteiger partial charge in [0.2, 0.25) is 0 Å². The monoisotopic (exact) mass is 425 g/mol. The molecule has 1 nitrogen and oxygen atoms in total. The van der Waals surface area contributed by atoms with Crippen molar-refractivity contribution < 1.29 is 0 Å². The number of rotatable bonds is 5. The summed E-state index contributed by atoms with van der Waals surface area (Å²) < 4.78 is 0. The van der Waals surface area contributed by atoms with Crippen LogP contribution in [0.1, 0.15) is 119 Å². The Morgan fingerprint density at radius 3 is 2.00 bits per heavy atom. The van der Waals surface area contributed by atoms with Crippen LogP contribution in [0.3, 0.4) is 0 Å². The van der Waals surface area contributed by atoms with E-state index in [1.54, 1.807) is 11.1 Å². The van der Waals surface area contributed by atoms with E-state index < -0.39 is 0 Å². The molecule has 3 aromatic rings. The SMILES string of the molecule is CCC(C)c1ccc2c(-c3cc(C4CCCCC4)cc(C4CCCCC4)c3)nccc2c1. The average molecular weight is 426 g/mol. The molecule has 32 heavy (non-hydrogen) atoms. The van der Waals surface area contributed by atoms with Crippen LogP contribution in [0, 0.1) is 0 Å². The Labute approximate surface area is 194 Å². The fourth-order valence-electron chi connectivity index (χ4n) is 6.13. The number of aromatic nitrogens is 1. The van der Waals surface area contributed by atoms with E-state index in [-0.39, 0.29) is 0 Å². The molecular formula is C31H39N. The topological polar surface area (TPSA) is 12.9 Å².